The van der Waals surface area contributed by atoms with Crippen molar-refractivity contribution in [2.24, 2.45) is 5.92 Å². The van der Waals surface area contributed by atoms with Crippen molar-refractivity contribution in [3.63, 3.8) is 0 Å². The SMILES string of the molecule is COc1ccc(S(=O)(=O)N(C)c2ccc(C(=O)NCC3CCCCC3)cc2)cc1. The average molecular weight is 417 g/mol. The van der Waals surface area contributed by atoms with Crippen molar-refractivity contribution in [2.75, 3.05) is 25.0 Å². The summed E-state index contributed by atoms with van der Waals surface area (Å²) < 4.78 is 32.0. The molecule has 1 amide bonds. The topological polar surface area (TPSA) is 75.7 Å². The monoisotopic (exact) mass is 416 g/mol. The van der Waals surface area contributed by atoms with Crippen molar-refractivity contribution in [1.29, 1.82) is 0 Å². The van der Waals surface area contributed by atoms with Crippen LogP contribution in [0, 0.1) is 5.92 Å². The van der Waals surface area contributed by atoms with Crippen LogP contribution >= 0.6 is 0 Å². The van der Waals surface area contributed by atoms with Crippen LogP contribution in [0.3, 0.4) is 0 Å². The molecule has 0 saturated heterocycles. The standard InChI is InChI=1S/C22H28N2O4S/c1-24(29(26,27)21-14-12-20(28-2)13-15-21)19-10-8-18(9-11-19)22(25)23-16-17-6-4-3-5-7-17/h8-15,17H,3-7,16H2,1-2H3,(H,23,25). The fourth-order valence-corrected chi connectivity index (χ4v) is 4.79. The quantitative estimate of drug-likeness (QED) is 0.744. The maximum Gasteiger partial charge on any atom is 0.264 e. The first kappa shape index (κ1) is 21.2. The Hall–Kier alpha value is -2.54. The number of nitrogens with one attached hydrogen (secondary N) is 1. The molecule has 2 aromatic rings. The van der Waals surface area contributed by atoms with E-state index in [2.05, 4.69) is 5.32 Å². The third-order valence-corrected chi connectivity index (χ3v) is 7.29. The van der Waals surface area contributed by atoms with E-state index in [-0.39, 0.29) is 10.8 Å². The van der Waals surface area contributed by atoms with Crippen LogP contribution < -0.4 is 14.4 Å². The van der Waals surface area contributed by atoms with E-state index in [4.69, 9.17) is 4.74 Å². The Labute approximate surface area is 172 Å². The first-order valence-corrected chi connectivity index (χ1v) is 11.4. The van der Waals surface area contributed by atoms with Gasteiger partial charge in [-0.05, 0) is 67.3 Å². The second-order valence-corrected chi connectivity index (χ2v) is 9.38. The zero-order chi connectivity index (χ0) is 20.9. The van der Waals surface area contributed by atoms with Crippen LogP contribution in [0.25, 0.3) is 0 Å². The van der Waals surface area contributed by atoms with Crippen molar-refractivity contribution in [2.45, 2.75) is 37.0 Å². The Morgan fingerprint density at radius 3 is 2.24 bits per heavy atom. The number of anilines is 1. The molecule has 0 unspecified atom stereocenters. The molecule has 2 aromatic carbocycles. The number of carbonyl (C=O) groups excluding carboxylic acids is 1. The van der Waals surface area contributed by atoms with Gasteiger partial charge in [-0.1, -0.05) is 19.3 Å². The highest BCUT2D eigenvalue weighted by molar-refractivity contribution is 7.92. The third-order valence-electron chi connectivity index (χ3n) is 5.49. The van der Waals surface area contributed by atoms with Crippen molar-refractivity contribution < 1.29 is 17.9 Å². The van der Waals surface area contributed by atoms with Gasteiger partial charge < -0.3 is 10.1 Å². The normalized spacial score (nSPS) is 15.0. The van der Waals surface area contributed by atoms with Crippen LogP contribution in [0.15, 0.2) is 53.4 Å². The van der Waals surface area contributed by atoms with Crippen molar-refractivity contribution >= 4 is 21.6 Å². The molecule has 1 fully saturated rings. The number of sulfonamides is 1. The van der Waals surface area contributed by atoms with Gasteiger partial charge in [0.25, 0.3) is 15.9 Å². The molecule has 1 N–H and O–H groups in total. The van der Waals surface area contributed by atoms with E-state index in [0.717, 1.165) is 0 Å². The molecule has 0 bridgehead atoms. The van der Waals surface area contributed by atoms with Crippen molar-refractivity contribution in [3.05, 3.63) is 54.1 Å². The average Bonchev–Trinajstić information content (AvgIpc) is 2.77. The summed E-state index contributed by atoms with van der Waals surface area (Å²) >= 11 is 0. The van der Waals surface area contributed by atoms with Gasteiger partial charge in [0.2, 0.25) is 0 Å². The molecule has 0 heterocycles. The van der Waals surface area contributed by atoms with Gasteiger partial charge in [-0.2, -0.15) is 0 Å². The van der Waals surface area contributed by atoms with Crippen LogP contribution in [-0.2, 0) is 10.0 Å². The summed E-state index contributed by atoms with van der Waals surface area (Å²) in [5.74, 6) is 1.03. The van der Waals surface area contributed by atoms with Gasteiger partial charge in [0.05, 0.1) is 17.7 Å². The Morgan fingerprint density at radius 2 is 1.66 bits per heavy atom. The summed E-state index contributed by atoms with van der Waals surface area (Å²) in [4.78, 5) is 12.6. The van der Waals surface area contributed by atoms with Gasteiger partial charge in [0, 0.05) is 19.2 Å². The Balaban J connectivity index is 1.65. The van der Waals surface area contributed by atoms with Crippen molar-refractivity contribution in [1.82, 2.24) is 5.32 Å². The molecule has 0 aliphatic heterocycles. The van der Waals surface area contributed by atoms with E-state index < -0.39 is 10.0 Å². The lowest BCUT2D eigenvalue weighted by Gasteiger charge is -2.22. The summed E-state index contributed by atoms with van der Waals surface area (Å²) in [6, 6.07) is 12.9. The Bertz CT molecular complexity index is 918. The number of carbonyl (C=O) groups is 1. The number of methoxy groups -OCH3 is 1. The molecule has 0 spiro atoms. The minimum absolute atomic E-state index is 0.122. The van der Waals surface area contributed by atoms with E-state index in [0.29, 0.717) is 29.5 Å². The summed E-state index contributed by atoms with van der Waals surface area (Å²) in [7, 11) is -0.670. The highest BCUT2D eigenvalue weighted by Gasteiger charge is 2.22. The zero-order valence-corrected chi connectivity index (χ0v) is 17.7. The second kappa shape index (κ2) is 9.31. The lowest BCUT2D eigenvalue weighted by molar-refractivity contribution is 0.0943. The number of amides is 1. The van der Waals surface area contributed by atoms with Gasteiger partial charge in [-0.25, -0.2) is 8.42 Å². The molecular formula is C22H28N2O4S. The predicted molar refractivity (Wildman–Crippen MR) is 114 cm³/mol. The van der Waals surface area contributed by atoms with Crippen LogP contribution in [0.1, 0.15) is 42.5 Å². The first-order valence-electron chi connectivity index (χ1n) is 9.93. The first-order chi connectivity index (χ1) is 13.9. The molecule has 1 saturated carbocycles. The molecule has 6 nitrogen and oxygen atoms in total. The summed E-state index contributed by atoms with van der Waals surface area (Å²) in [6.07, 6.45) is 6.12. The van der Waals surface area contributed by atoms with Gasteiger partial charge in [-0.3, -0.25) is 9.10 Å². The van der Waals surface area contributed by atoms with Crippen LogP contribution in [-0.4, -0.2) is 35.0 Å². The number of hydrogen-bond donors (Lipinski definition) is 1. The predicted octanol–water partition coefficient (Wildman–Crippen LogP) is 3.83. The fourth-order valence-electron chi connectivity index (χ4n) is 3.60. The molecule has 7 heteroatoms. The number of hydrogen-bond acceptors (Lipinski definition) is 4. The second-order valence-electron chi connectivity index (χ2n) is 7.41. The Morgan fingerprint density at radius 1 is 1.03 bits per heavy atom. The van der Waals surface area contributed by atoms with E-state index >= 15 is 0 Å². The molecule has 0 radical (unpaired) electrons. The van der Waals surface area contributed by atoms with Gasteiger partial charge >= 0.3 is 0 Å². The number of nitrogens with zero attached hydrogens (tertiary/aromatic N) is 1. The zero-order valence-electron chi connectivity index (χ0n) is 16.9. The van der Waals surface area contributed by atoms with Crippen LogP contribution in [0.5, 0.6) is 5.75 Å². The summed E-state index contributed by atoms with van der Waals surface area (Å²) in [6.45, 7) is 0.701. The maximum absolute atomic E-state index is 12.8. The third kappa shape index (κ3) is 5.09. The molecule has 29 heavy (non-hydrogen) atoms. The van der Waals surface area contributed by atoms with Crippen LogP contribution in [0.2, 0.25) is 0 Å². The molecule has 0 aromatic heterocycles. The lowest BCUT2D eigenvalue weighted by Crippen LogP contribution is -2.30. The minimum atomic E-state index is -3.70. The van der Waals surface area contributed by atoms with Gasteiger partial charge in [0.1, 0.15) is 5.75 Å². The highest BCUT2D eigenvalue weighted by Crippen LogP contribution is 2.25. The molecule has 156 valence electrons. The molecule has 3 rings (SSSR count). The van der Waals surface area contributed by atoms with E-state index in [9.17, 15) is 13.2 Å². The number of benzene rings is 2. The fraction of sp³-hybridized carbons (Fsp3) is 0.409. The highest BCUT2D eigenvalue weighted by atomic mass is 32.2. The Kier molecular flexibility index (Phi) is 6.79. The van der Waals surface area contributed by atoms with E-state index in [1.54, 1.807) is 36.4 Å². The smallest absolute Gasteiger partial charge is 0.264 e. The van der Waals surface area contributed by atoms with Gasteiger partial charge in [-0.15, -0.1) is 0 Å². The summed E-state index contributed by atoms with van der Waals surface area (Å²) in [5.41, 5.74) is 1.02. The summed E-state index contributed by atoms with van der Waals surface area (Å²) in [5, 5.41) is 3.00. The number of rotatable bonds is 7. The maximum atomic E-state index is 12.8. The minimum Gasteiger partial charge on any atom is -0.497 e. The number of ether oxygens (including phenoxy) is 1. The molecule has 1 aliphatic rings. The lowest BCUT2D eigenvalue weighted by atomic mass is 9.89. The molecule has 1 aliphatic carbocycles. The largest absolute Gasteiger partial charge is 0.497 e. The molecular weight excluding hydrogens is 388 g/mol. The molecule has 0 atom stereocenters. The van der Waals surface area contributed by atoms with E-state index in [1.807, 2.05) is 0 Å². The van der Waals surface area contributed by atoms with E-state index in [1.165, 1.54) is 62.7 Å². The van der Waals surface area contributed by atoms with Gasteiger partial charge in [0.15, 0.2) is 0 Å². The van der Waals surface area contributed by atoms with Crippen LogP contribution in [0.4, 0.5) is 5.69 Å². The van der Waals surface area contributed by atoms with Crippen molar-refractivity contribution in [3.8, 4) is 5.75 Å².